The van der Waals surface area contributed by atoms with Crippen LogP contribution in [-0.4, -0.2) is 69.0 Å². The molecular weight excluding hydrogens is 912 g/mol. The summed E-state index contributed by atoms with van der Waals surface area (Å²) in [5, 5.41) is 17.4. The number of nitrogens with two attached hydrogens (primary N) is 1. The Morgan fingerprint density at radius 3 is 1.39 bits per heavy atom. The fourth-order valence-electron chi connectivity index (χ4n) is 4.85. The predicted octanol–water partition coefficient (Wildman–Crippen LogP) is 10.0. The van der Waals surface area contributed by atoms with Crippen LogP contribution in [0.25, 0.3) is 22.3 Å². The van der Waals surface area contributed by atoms with Crippen molar-refractivity contribution in [2.45, 2.75) is 59.9 Å². The minimum Gasteiger partial charge on any atom is -0.477 e. The van der Waals surface area contributed by atoms with E-state index < -0.39 is 5.97 Å². The minimum atomic E-state index is -1.01. The second kappa shape index (κ2) is 32.1. The Bertz CT molecular complexity index is 2180. The third-order valence-electron chi connectivity index (χ3n) is 8.01. The molecule has 0 fully saturated rings. The first kappa shape index (κ1) is 52.5. The number of carboxylic acid groups (broad SMARTS) is 1. The largest absolute Gasteiger partial charge is 0.477 e. The van der Waals surface area contributed by atoms with Crippen molar-refractivity contribution in [3.8, 4) is 22.3 Å². The topological polar surface area (TPSA) is 185 Å². The highest BCUT2D eigenvalue weighted by atomic mass is 79.9. The maximum Gasteiger partial charge on any atom is 0.354 e. The van der Waals surface area contributed by atoms with E-state index in [0.29, 0.717) is 24.5 Å². The van der Waals surface area contributed by atoms with Gasteiger partial charge in [-0.05, 0) is 110 Å². The van der Waals surface area contributed by atoms with Crippen LogP contribution >= 0.6 is 31.9 Å². The van der Waals surface area contributed by atoms with Crippen LogP contribution in [0.1, 0.15) is 90.5 Å². The Morgan fingerprint density at radius 1 is 0.532 bits per heavy atom. The van der Waals surface area contributed by atoms with Gasteiger partial charge in [0.15, 0.2) is 0 Å². The van der Waals surface area contributed by atoms with E-state index in [9.17, 15) is 14.4 Å². The Balaban J connectivity index is 0.000000282. The van der Waals surface area contributed by atoms with Gasteiger partial charge in [-0.2, -0.15) is 0 Å². The normalized spacial score (nSPS) is 9.79. The number of hydrogen-bond donors (Lipinski definition) is 5. The van der Waals surface area contributed by atoms with E-state index >= 15 is 0 Å². The van der Waals surface area contributed by atoms with Crippen LogP contribution < -0.4 is 21.7 Å². The minimum absolute atomic E-state index is 0.0503. The van der Waals surface area contributed by atoms with E-state index in [1.165, 1.54) is 23.4 Å². The molecule has 0 aliphatic heterocycles. The number of halogens is 2. The first-order valence-electron chi connectivity index (χ1n) is 20.5. The second-order valence-electron chi connectivity index (χ2n) is 13.2. The molecule has 14 heteroatoms. The molecule has 328 valence electrons. The summed E-state index contributed by atoms with van der Waals surface area (Å²) in [7, 11) is 0. The van der Waals surface area contributed by atoms with Crippen LogP contribution in [0.15, 0.2) is 143 Å². The van der Waals surface area contributed by atoms with Crippen LogP contribution in [0.4, 0.5) is 0 Å². The zero-order valence-electron chi connectivity index (χ0n) is 35.9. The number of carboxylic acids is 1. The number of benzene rings is 2. The van der Waals surface area contributed by atoms with Crippen molar-refractivity contribution in [2.75, 3.05) is 26.2 Å². The summed E-state index contributed by atoms with van der Waals surface area (Å²) in [6.45, 7) is 12.3. The van der Waals surface area contributed by atoms with Gasteiger partial charge in [0.1, 0.15) is 17.1 Å². The van der Waals surface area contributed by atoms with Crippen molar-refractivity contribution < 1.29 is 19.5 Å². The molecule has 0 unspecified atom stereocenters. The third kappa shape index (κ3) is 21.7. The van der Waals surface area contributed by atoms with Crippen LogP contribution in [0, 0.1) is 0 Å². The summed E-state index contributed by atoms with van der Waals surface area (Å²) >= 11 is 6.41. The predicted molar refractivity (Wildman–Crippen MR) is 257 cm³/mol. The summed E-state index contributed by atoms with van der Waals surface area (Å²) in [5.41, 5.74) is 11.7. The van der Waals surface area contributed by atoms with Gasteiger partial charge in [-0.15, -0.1) is 0 Å². The molecule has 0 atom stereocenters. The summed E-state index contributed by atoms with van der Waals surface area (Å²) in [6.07, 6.45) is 10.7. The number of rotatable bonds is 14. The lowest BCUT2D eigenvalue weighted by atomic mass is 10.1. The van der Waals surface area contributed by atoms with Crippen LogP contribution in [0.2, 0.25) is 0 Å². The van der Waals surface area contributed by atoms with Gasteiger partial charge >= 0.3 is 5.97 Å². The van der Waals surface area contributed by atoms with Gasteiger partial charge in [0.25, 0.3) is 11.8 Å². The van der Waals surface area contributed by atoms with E-state index in [4.69, 9.17) is 10.8 Å². The lowest BCUT2D eigenvalue weighted by molar-refractivity contribution is 0.0689. The Kier molecular flexibility index (Phi) is 27.2. The molecule has 0 aliphatic rings. The van der Waals surface area contributed by atoms with E-state index in [1.807, 2.05) is 68.6 Å². The first-order valence-corrected chi connectivity index (χ1v) is 22.1. The number of amides is 2. The van der Waals surface area contributed by atoms with Gasteiger partial charge in [-0.1, -0.05) is 120 Å². The van der Waals surface area contributed by atoms with Crippen molar-refractivity contribution in [3.05, 3.63) is 166 Å². The average Bonchev–Trinajstić information content (AvgIpc) is 3.31. The number of pyridine rings is 4. The van der Waals surface area contributed by atoms with Crippen molar-refractivity contribution in [1.29, 1.82) is 0 Å². The fraction of sp³-hybridized carbons (Fsp3) is 0.271. The molecule has 0 aliphatic carbocycles. The summed E-state index contributed by atoms with van der Waals surface area (Å²) in [5.74, 6) is -1.25. The molecule has 0 saturated heterocycles. The average molecular weight is 971 g/mol. The highest BCUT2D eigenvalue weighted by molar-refractivity contribution is 9.10. The number of aromatic carboxylic acids is 1. The van der Waals surface area contributed by atoms with Gasteiger partial charge in [0.05, 0.1) is 5.69 Å². The van der Waals surface area contributed by atoms with Crippen molar-refractivity contribution in [2.24, 2.45) is 5.73 Å². The molecule has 0 saturated carbocycles. The van der Waals surface area contributed by atoms with Crippen LogP contribution in [0.5, 0.6) is 0 Å². The number of carbonyl (C=O) groups excluding carboxylic acids is 2. The summed E-state index contributed by atoms with van der Waals surface area (Å²) in [6, 6.07) is 34.9. The molecule has 2 aromatic carbocycles. The number of hydrogen-bond acceptors (Lipinski definition) is 9. The molecule has 4 aromatic heterocycles. The van der Waals surface area contributed by atoms with Crippen molar-refractivity contribution in [3.63, 3.8) is 0 Å². The Morgan fingerprint density at radius 2 is 0.952 bits per heavy atom. The van der Waals surface area contributed by atoms with E-state index in [2.05, 4.69) is 118 Å². The third-order valence-corrected chi connectivity index (χ3v) is 9.00. The standard InChI is InChI=1S/C15H16N2O.C15H18N2.C9H11BrN2O.C6H4BrNO2.C3H9N/c1-2-9-17-15(18)14-11-13(8-10-16-14)12-6-4-3-5-7-12;1-2-9-16-12-15-11-14(8-10-17-15)13-6-4-3-5-7-13;1-2-4-12-9(13)8-6-7(10)3-5-11-8;7-4-1-2-8-5(3-4)6(9)10;1-2-3-4/h3-8,10-11H,2,9H2,1H3,(H,17,18);3-8,10-11,16H,2,9,12H2,1H3;3,5-6H,2,4H2,1H3,(H,12,13);1-3H,(H,9,10);2-4H2,1H3. The van der Waals surface area contributed by atoms with Crippen LogP contribution in [0.3, 0.4) is 0 Å². The molecule has 6 N–H and O–H groups in total. The maximum atomic E-state index is 11.8. The van der Waals surface area contributed by atoms with Gasteiger partial charge in [-0.25, -0.2) is 9.78 Å². The number of carbonyl (C=O) groups is 3. The van der Waals surface area contributed by atoms with Crippen molar-refractivity contribution in [1.82, 2.24) is 35.9 Å². The fourth-order valence-corrected chi connectivity index (χ4v) is 5.52. The molecule has 0 spiro atoms. The van der Waals surface area contributed by atoms with Gasteiger partial charge in [0, 0.05) is 53.4 Å². The highest BCUT2D eigenvalue weighted by Gasteiger charge is 2.08. The van der Waals surface area contributed by atoms with Crippen molar-refractivity contribution >= 4 is 49.6 Å². The molecule has 2 amide bonds. The molecule has 62 heavy (non-hydrogen) atoms. The smallest absolute Gasteiger partial charge is 0.354 e. The summed E-state index contributed by atoms with van der Waals surface area (Å²) in [4.78, 5) is 49.5. The quantitative estimate of drug-likeness (QED) is 0.0658. The molecule has 12 nitrogen and oxygen atoms in total. The van der Waals surface area contributed by atoms with E-state index in [0.717, 1.165) is 71.1 Å². The monoisotopic (exact) mass is 968 g/mol. The van der Waals surface area contributed by atoms with E-state index in [1.54, 1.807) is 30.6 Å². The maximum absolute atomic E-state index is 11.8. The Labute approximate surface area is 382 Å². The van der Waals surface area contributed by atoms with Gasteiger partial charge in [-0.3, -0.25) is 24.5 Å². The highest BCUT2D eigenvalue weighted by Crippen LogP contribution is 2.20. The zero-order valence-corrected chi connectivity index (χ0v) is 39.0. The van der Waals surface area contributed by atoms with Gasteiger partial charge < -0.3 is 26.8 Å². The van der Waals surface area contributed by atoms with Crippen LogP contribution in [-0.2, 0) is 6.54 Å². The number of aromatic nitrogens is 4. The number of nitrogens with zero attached hydrogens (tertiary/aromatic N) is 4. The SMILES string of the molecule is CCCN.CCCNC(=O)c1cc(-c2ccccc2)ccn1.CCCNC(=O)c1cc(Br)ccn1.CCCNCc1cc(-c2ccccc2)ccn1.O=C(O)c1cc(Br)ccn1. The molecular formula is C48H58Br2N8O4. The lowest BCUT2D eigenvalue weighted by Crippen LogP contribution is -2.24. The lowest BCUT2D eigenvalue weighted by Gasteiger charge is -2.05. The second-order valence-corrected chi connectivity index (χ2v) is 15.0. The first-order chi connectivity index (χ1) is 30.1. The molecule has 6 rings (SSSR count). The zero-order chi connectivity index (χ0) is 45.4. The molecule has 0 radical (unpaired) electrons. The molecule has 0 bridgehead atoms. The van der Waals surface area contributed by atoms with Gasteiger partial charge in [0.2, 0.25) is 0 Å². The Hall–Kier alpha value is -5.67. The molecule has 6 aromatic rings. The molecule has 4 heterocycles. The van der Waals surface area contributed by atoms with E-state index in [-0.39, 0.29) is 17.5 Å². The summed E-state index contributed by atoms with van der Waals surface area (Å²) < 4.78 is 1.59. The number of nitrogens with one attached hydrogen (secondary N) is 3.